The lowest BCUT2D eigenvalue weighted by Crippen LogP contribution is -2.32. The number of benzene rings is 2. The predicted molar refractivity (Wildman–Crippen MR) is 104 cm³/mol. The molecule has 2 aromatic carbocycles. The second kappa shape index (κ2) is 8.55. The molecule has 0 radical (unpaired) electrons. The maximum Gasteiger partial charge on any atom is 0.251 e. The molecule has 2 N–H and O–H groups in total. The Morgan fingerprint density at radius 2 is 1.78 bits per heavy atom. The topological polar surface area (TPSA) is 71.1 Å². The molecule has 0 saturated heterocycles. The molecule has 0 aliphatic rings. The van der Waals surface area contributed by atoms with Crippen LogP contribution in [0.1, 0.15) is 22.8 Å². The molecular weight excluding hydrogens is 365 g/mol. The van der Waals surface area contributed by atoms with Gasteiger partial charge in [-0.2, -0.15) is 0 Å². The lowest BCUT2D eigenvalue weighted by Gasteiger charge is -2.05. The normalized spacial score (nSPS) is 10.4. The van der Waals surface area contributed by atoms with Crippen LogP contribution in [0.2, 0.25) is 0 Å². The lowest BCUT2D eigenvalue weighted by molar-refractivity contribution is -0.115. The Morgan fingerprint density at radius 1 is 1.07 bits per heavy atom. The van der Waals surface area contributed by atoms with Crippen molar-refractivity contribution in [3.8, 4) is 11.3 Å². The van der Waals surface area contributed by atoms with Crippen molar-refractivity contribution in [2.24, 2.45) is 0 Å². The van der Waals surface area contributed by atoms with Crippen LogP contribution in [-0.4, -0.2) is 23.3 Å². The maximum absolute atomic E-state index is 12.9. The monoisotopic (exact) mass is 383 g/mol. The van der Waals surface area contributed by atoms with E-state index < -0.39 is 11.7 Å². The van der Waals surface area contributed by atoms with Crippen molar-refractivity contribution in [3.05, 3.63) is 70.9 Å². The van der Waals surface area contributed by atoms with Crippen LogP contribution in [0, 0.1) is 5.82 Å². The van der Waals surface area contributed by atoms with Crippen molar-refractivity contribution < 1.29 is 14.0 Å². The van der Waals surface area contributed by atoms with E-state index in [1.54, 1.807) is 0 Å². The first-order chi connectivity index (χ1) is 13.0. The Hall–Kier alpha value is -3.06. The predicted octanol–water partition coefficient (Wildman–Crippen LogP) is 3.88. The highest BCUT2D eigenvalue weighted by molar-refractivity contribution is 7.14. The smallest absolute Gasteiger partial charge is 0.251 e. The number of halogens is 1. The molecule has 2 amide bonds. The summed E-state index contributed by atoms with van der Waals surface area (Å²) in [5.74, 6) is -1.25. The van der Waals surface area contributed by atoms with Gasteiger partial charge in [0.25, 0.3) is 5.91 Å². The van der Waals surface area contributed by atoms with Crippen molar-refractivity contribution >= 4 is 28.3 Å². The fraction of sp³-hybridized carbons (Fsp3) is 0.150. The molecule has 0 aliphatic carbocycles. The van der Waals surface area contributed by atoms with Crippen molar-refractivity contribution in [2.45, 2.75) is 13.3 Å². The van der Waals surface area contributed by atoms with Crippen molar-refractivity contribution in [1.82, 2.24) is 10.3 Å². The van der Waals surface area contributed by atoms with Crippen LogP contribution < -0.4 is 10.6 Å². The van der Waals surface area contributed by atoms with E-state index in [9.17, 15) is 14.0 Å². The summed E-state index contributed by atoms with van der Waals surface area (Å²) < 4.78 is 12.9. The standard InChI is InChI=1S/C20H18FN3O2S/c1-2-13-3-5-14(6-4-13)17-12-27-20(23-17)24-18(25)11-22-19(26)15-7-9-16(21)10-8-15/h3-10,12H,2,11H2,1H3,(H,22,26)(H,23,24,25). The first-order valence-electron chi connectivity index (χ1n) is 8.43. The summed E-state index contributed by atoms with van der Waals surface area (Å²) in [7, 11) is 0. The number of amides is 2. The number of rotatable bonds is 6. The number of aromatic nitrogens is 1. The molecule has 5 nitrogen and oxygen atoms in total. The maximum atomic E-state index is 12.9. The van der Waals surface area contributed by atoms with Crippen LogP contribution in [-0.2, 0) is 11.2 Å². The number of anilines is 1. The average Bonchev–Trinajstić information content (AvgIpc) is 3.15. The summed E-state index contributed by atoms with van der Waals surface area (Å²) in [6, 6.07) is 13.2. The van der Waals surface area contributed by atoms with Gasteiger partial charge in [0.2, 0.25) is 5.91 Å². The Morgan fingerprint density at radius 3 is 2.44 bits per heavy atom. The van der Waals surface area contributed by atoms with Crippen LogP contribution in [0.3, 0.4) is 0 Å². The number of hydrogen-bond acceptors (Lipinski definition) is 4. The van der Waals surface area contributed by atoms with Crippen LogP contribution in [0.5, 0.6) is 0 Å². The van der Waals surface area contributed by atoms with E-state index in [4.69, 9.17) is 0 Å². The first-order valence-corrected chi connectivity index (χ1v) is 9.31. The number of carbonyl (C=O) groups excluding carboxylic acids is 2. The van der Waals surface area contributed by atoms with Crippen LogP contribution in [0.15, 0.2) is 53.9 Å². The molecule has 3 aromatic rings. The summed E-state index contributed by atoms with van der Waals surface area (Å²) in [6.45, 7) is 1.90. The molecule has 1 aromatic heterocycles. The molecule has 0 spiro atoms. The third-order valence-electron chi connectivity index (χ3n) is 3.92. The van der Waals surface area contributed by atoms with Gasteiger partial charge in [0.1, 0.15) is 5.82 Å². The molecule has 0 fully saturated rings. The average molecular weight is 383 g/mol. The van der Waals surface area contributed by atoms with Crippen LogP contribution in [0.4, 0.5) is 9.52 Å². The van der Waals surface area contributed by atoms with Gasteiger partial charge in [-0.05, 0) is 36.2 Å². The minimum atomic E-state index is -0.444. The first kappa shape index (κ1) is 18.7. The number of carbonyl (C=O) groups is 2. The zero-order valence-corrected chi connectivity index (χ0v) is 15.5. The van der Waals surface area contributed by atoms with Crippen LogP contribution in [0.25, 0.3) is 11.3 Å². The van der Waals surface area contributed by atoms with Crippen molar-refractivity contribution in [1.29, 1.82) is 0 Å². The minimum Gasteiger partial charge on any atom is -0.343 e. The molecule has 0 bridgehead atoms. The van der Waals surface area contributed by atoms with E-state index in [-0.39, 0.29) is 18.0 Å². The van der Waals surface area contributed by atoms with Gasteiger partial charge in [0, 0.05) is 16.5 Å². The number of aryl methyl sites for hydroxylation is 1. The Labute approximate surface area is 160 Å². The number of hydrogen-bond donors (Lipinski definition) is 2. The fourth-order valence-electron chi connectivity index (χ4n) is 2.40. The van der Waals surface area contributed by atoms with Gasteiger partial charge < -0.3 is 10.6 Å². The minimum absolute atomic E-state index is 0.198. The zero-order valence-electron chi connectivity index (χ0n) is 14.7. The zero-order chi connectivity index (χ0) is 19.2. The molecule has 7 heteroatoms. The highest BCUT2D eigenvalue weighted by atomic mass is 32.1. The molecule has 3 rings (SSSR count). The summed E-state index contributed by atoms with van der Waals surface area (Å²) in [4.78, 5) is 28.3. The second-order valence-corrected chi connectivity index (χ2v) is 6.68. The molecule has 27 heavy (non-hydrogen) atoms. The van der Waals surface area contributed by atoms with E-state index in [0.717, 1.165) is 17.7 Å². The highest BCUT2D eigenvalue weighted by Gasteiger charge is 2.11. The third-order valence-corrected chi connectivity index (χ3v) is 4.68. The largest absolute Gasteiger partial charge is 0.343 e. The van der Waals surface area contributed by atoms with E-state index in [1.807, 2.05) is 17.5 Å². The van der Waals surface area contributed by atoms with Crippen molar-refractivity contribution in [3.63, 3.8) is 0 Å². The Balaban J connectivity index is 1.54. The SMILES string of the molecule is CCc1ccc(-c2csc(NC(=O)CNC(=O)c3ccc(F)cc3)n2)cc1. The van der Waals surface area contributed by atoms with Crippen molar-refractivity contribution in [2.75, 3.05) is 11.9 Å². The fourth-order valence-corrected chi connectivity index (χ4v) is 3.14. The summed E-state index contributed by atoms with van der Waals surface area (Å²) >= 11 is 1.32. The van der Waals surface area contributed by atoms with E-state index >= 15 is 0 Å². The molecule has 1 heterocycles. The van der Waals surface area contributed by atoms with E-state index in [2.05, 4.69) is 34.7 Å². The second-order valence-electron chi connectivity index (χ2n) is 5.83. The Bertz CT molecular complexity index is 937. The number of nitrogens with one attached hydrogen (secondary N) is 2. The van der Waals surface area contributed by atoms with Gasteiger partial charge in [-0.15, -0.1) is 11.3 Å². The van der Waals surface area contributed by atoms with E-state index in [1.165, 1.54) is 41.2 Å². The van der Waals surface area contributed by atoms with Gasteiger partial charge in [0.05, 0.1) is 12.2 Å². The lowest BCUT2D eigenvalue weighted by atomic mass is 10.1. The molecule has 0 saturated carbocycles. The number of thiazole rings is 1. The third kappa shape index (κ3) is 4.98. The summed E-state index contributed by atoms with van der Waals surface area (Å²) in [6.07, 6.45) is 0.974. The molecule has 0 atom stereocenters. The van der Waals surface area contributed by atoms with Crippen LogP contribution >= 0.6 is 11.3 Å². The highest BCUT2D eigenvalue weighted by Crippen LogP contribution is 2.25. The molecule has 0 unspecified atom stereocenters. The Kier molecular flexibility index (Phi) is 5.93. The molecule has 0 aliphatic heterocycles. The molecular formula is C20H18FN3O2S. The van der Waals surface area contributed by atoms with Gasteiger partial charge in [-0.25, -0.2) is 9.37 Å². The van der Waals surface area contributed by atoms with Gasteiger partial charge in [0.15, 0.2) is 5.13 Å². The molecule has 138 valence electrons. The summed E-state index contributed by atoms with van der Waals surface area (Å²) in [5, 5.41) is 7.49. The number of nitrogens with zero attached hydrogens (tertiary/aromatic N) is 1. The summed E-state index contributed by atoms with van der Waals surface area (Å²) in [5.41, 5.74) is 3.30. The van der Waals surface area contributed by atoms with Gasteiger partial charge in [-0.3, -0.25) is 9.59 Å². The van der Waals surface area contributed by atoms with Gasteiger partial charge >= 0.3 is 0 Å². The van der Waals surface area contributed by atoms with Gasteiger partial charge in [-0.1, -0.05) is 31.2 Å². The quantitative estimate of drug-likeness (QED) is 0.679. The van der Waals surface area contributed by atoms with E-state index in [0.29, 0.717) is 5.13 Å².